The van der Waals surface area contributed by atoms with E-state index in [0.29, 0.717) is 32.5 Å². The fourth-order valence-electron chi connectivity index (χ4n) is 3.24. The van der Waals surface area contributed by atoms with Crippen LogP contribution in [-0.4, -0.2) is 97.8 Å². The quantitative estimate of drug-likeness (QED) is 0.684. The Morgan fingerprint density at radius 2 is 1.76 bits per heavy atom. The average Bonchev–Trinajstić information content (AvgIpc) is 2.55. The van der Waals surface area contributed by atoms with Crippen LogP contribution < -0.4 is 0 Å². The molecule has 1 atom stereocenters. The summed E-state index contributed by atoms with van der Waals surface area (Å²) in [5, 5.41) is 0. The second kappa shape index (κ2) is 7.77. The first kappa shape index (κ1) is 20.4. The first-order chi connectivity index (χ1) is 11.6. The van der Waals surface area contributed by atoms with Crippen LogP contribution >= 0.6 is 0 Å². The van der Waals surface area contributed by atoms with E-state index in [1.165, 1.54) is 15.7 Å². The molecule has 2 aliphatic heterocycles. The second-order valence-corrected chi connectivity index (χ2v) is 8.43. The Morgan fingerprint density at radius 1 is 1.16 bits per heavy atom. The highest BCUT2D eigenvalue weighted by Gasteiger charge is 2.41. The summed E-state index contributed by atoms with van der Waals surface area (Å²) in [6, 6.07) is -0.593. The van der Waals surface area contributed by atoms with Gasteiger partial charge in [0.25, 0.3) is 10.2 Å². The lowest BCUT2D eigenvalue weighted by Gasteiger charge is -2.42. The number of piperazine rings is 1. The van der Waals surface area contributed by atoms with E-state index in [1.807, 2.05) is 4.90 Å². The Labute approximate surface area is 146 Å². The highest BCUT2D eigenvalue weighted by atomic mass is 32.2. The SMILES string of the molecule is CCN(C)S(=O)(=O)N1CCN(C2CCCN(CC(F)(F)F)C2=O)CC1. The van der Waals surface area contributed by atoms with Gasteiger partial charge in [-0.2, -0.15) is 30.2 Å². The number of carbonyl (C=O) groups is 1. The molecule has 2 rings (SSSR count). The number of halogens is 3. The summed E-state index contributed by atoms with van der Waals surface area (Å²) in [4.78, 5) is 15.1. The van der Waals surface area contributed by atoms with Crippen molar-refractivity contribution in [3.8, 4) is 0 Å². The first-order valence-corrected chi connectivity index (χ1v) is 9.77. The molecule has 0 saturated carbocycles. The van der Waals surface area contributed by atoms with Crippen molar-refractivity contribution in [2.75, 3.05) is 52.9 Å². The lowest BCUT2D eigenvalue weighted by atomic mass is 10.0. The number of piperidine rings is 1. The van der Waals surface area contributed by atoms with Gasteiger partial charge in [-0.3, -0.25) is 9.69 Å². The number of likely N-dealkylation sites (tertiary alicyclic amines) is 1. The summed E-state index contributed by atoms with van der Waals surface area (Å²) < 4.78 is 65.0. The van der Waals surface area contributed by atoms with Crippen LogP contribution in [0, 0.1) is 0 Å². The fourth-order valence-corrected chi connectivity index (χ4v) is 4.58. The van der Waals surface area contributed by atoms with Crippen molar-refractivity contribution >= 4 is 16.1 Å². The largest absolute Gasteiger partial charge is 0.406 e. The van der Waals surface area contributed by atoms with E-state index in [4.69, 9.17) is 0 Å². The molecule has 0 N–H and O–H groups in total. The van der Waals surface area contributed by atoms with Crippen molar-refractivity contribution in [2.24, 2.45) is 0 Å². The molecule has 0 aromatic rings. The molecule has 0 aromatic heterocycles. The molecule has 2 aliphatic rings. The van der Waals surface area contributed by atoms with Gasteiger partial charge in [0, 0.05) is 46.3 Å². The van der Waals surface area contributed by atoms with E-state index in [2.05, 4.69) is 0 Å². The van der Waals surface area contributed by atoms with E-state index >= 15 is 0 Å². The molecule has 0 radical (unpaired) electrons. The van der Waals surface area contributed by atoms with Crippen LogP contribution in [0.2, 0.25) is 0 Å². The van der Waals surface area contributed by atoms with E-state index in [-0.39, 0.29) is 19.6 Å². The van der Waals surface area contributed by atoms with Crippen LogP contribution in [-0.2, 0) is 15.0 Å². The summed E-state index contributed by atoms with van der Waals surface area (Å²) in [7, 11) is -2.02. The zero-order valence-corrected chi connectivity index (χ0v) is 15.3. The molecular formula is C14H25F3N4O3S. The number of carbonyl (C=O) groups excluding carboxylic acids is 1. The number of nitrogens with zero attached hydrogens (tertiary/aromatic N) is 4. The molecule has 2 saturated heterocycles. The average molecular weight is 386 g/mol. The lowest BCUT2D eigenvalue weighted by Crippen LogP contribution is -2.60. The Bertz CT molecular complexity index is 576. The Kier molecular flexibility index (Phi) is 6.34. The van der Waals surface area contributed by atoms with Crippen LogP contribution in [0.1, 0.15) is 19.8 Å². The molecule has 11 heteroatoms. The molecule has 0 spiro atoms. The summed E-state index contributed by atoms with van der Waals surface area (Å²) in [6.45, 7) is 2.13. The zero-order chi connectivity index (χ0) is 18.8. The molecular weight excluding hydrogens is 361 g/mol. The second-order valence-electron chi connectivity index (χ2n) is 6.39. The highest BCUT2D eigenvalue weighted by molar-refractivity contribution is 7.86. The number of rotatable bonds is 5. The van der Waals surface area contributed by atoms with Crippen molar-refractivity contribution in [1.29, 1.82) is 0 Å². The van der Waals surface area contributed by atoms with Gasteiger partial charge in [-0.05, 0) is 12.8 Å². The summed E-state index contributed by atoms with van der Waals surface area (Å²) in [5.74, 6) is -0.509. The van der Waals surface area contributed by atoms with Gasteiger partial charge >= 0.3 is 6.18 Å². The molecule has 7 nitrogen and oxygen atoms in total. The van der Waals surface area contributed by atoms with Crippen molar-refractivity contribution in [1.82, 2.24) is 18.4 Å². The van der Waals surface area contributed by atoms with Gasteiger partial charge < -0.3 is 4.90 Å². The van der Waals surface area contributed by atoms with Gasteiger partial charge in [-0.1, -0.05) is 6.92 Å². The predicted molar refractivity (Wildman–Crippen MR) is 86.0 cm³/mol. The maximum atomic E-state index is 12.6. The van der Waals surface area contributed by atoms with Crippen molar-refractivity contribution in [3.05, 3.63) is 0 Å². The normalized spacial score (nSPS) is 25.0. The monoisotopic (exact) mass is 386 g/mol. The van der Waals surface area contributed by atoms with Crippen LogP contribution in [0.5, 0.6) is 0 Å². The predicted octanol–water partition coefficient (Wildman–Crippen LogP) is 0.354. The molecule has 1 amide bonds. The number of hydrogen-bond acceptors (Lipinski definition) is 4. The van der Waals surface area contributed by atoms with E-state index in [9.17, 15) is 26.4 Å². The molecule has 25 heavy (non-hydrogen) atoms. The van der Waals surface area contributed by atoms with Crippen LogP contribution in [0.3, 0.4) is 0 Å². The lowest BCUT2D eigenvalue weighted by molar-refractivity contribution is -0.168. The number of alkyl halides is 3. The van der Waals surface area contributed by atoms with Crippen molar-refractivity contribution in [3.63, 3.8) is 0 Å². The molecule has 0 bridgehead atoms. The third-order valence-corrected chi connectivity index (χ3v) is 6.82. The minimum absolute atomic E-state index is 0.116. The van der Waals surface area contributed by atoms with Gasteiger partial charge in [0.1, 0.15) is 6.54 Å². The maximum absolute atomic E-state index is 12.6. The maximum Gasteiger partial charge on any atom is 0.406 e. The Hall–Kier alpha value is -0.910. The topological polar surface area (TPSA) is 64.2 Å². The van der Waals surface area contributed by atoms with Crippen LogP contribution in [0.4, 0.5) is 13.2 Å². The molecule has 2 heterocycles. The smallest absolute Gasteiger partial charge is 0.332 e. The van der Waals surface area contributed by atoms with Gasteiger partial charge in [0.05, 0.1) is 6.04 Å². The van der Waals surface area contributed by atoms with Crippen molar-refractivity contribution in [2.45, 2.75) is 32.0 Å². The highest BCUT2D eigenvalue weighted by Crippen LogP contribution is 2.24. The van der Waals surface area contributed by atoms with Gasteiger partial charge in [-0.25, -0.2) is 0 Å². The van der Waals surface area contributed by atoms with E-state index < -0.39 is 34.9 Å². The minimum Gasteiger partial charge on any atom is -0.332 e. The van der Waals surface area contributed by atoms with Gasteiger partial charge in [-0.15, -0.1) is 0 Å². The molecule has 0 aliphatic carbocycles. The molecule has 1 unspecified atom stereocenters. The van der Waals surface area contributed by atoms with Crippen molar-refractivity contribution < 1.29 is 26.4 Å². The van der Waals surface area contributed by atoms with Crippen LogP contribution in [0.15, 0.2) is 0 Å². The Morgan fingerprint density at radius 3 is 2.28 bits per heavy atom. The molecule has 0 aromatic carbocycles. The molecule has 146 valence electrons. The standard InChI is InChI=1S/C14H25F3N4O3S/c1-3-18(2)25(23,24)21-9-7-19(8-10-21)12-5-4-6-20(13(12)22)11-14(15,16)17/h12H,3-11H2,1-2H3. The summed E-state index contributed by atoms with van der Waals surface area (Å²) in [5.41, 5.74) is 0. The third-order valence-electron chi connectivity index (χ3n) is 4.75. The zero-order valence-electron chi connectivity index (χ0n) is 14.5. The summed E-state index contributed by atoms with van der Waals surface area (Å²) in [6.07, 6.45) is -3.38. The minimum atomic E-state index is -4.41. The van der Waals surface area contributed by atoms with E-state index in [0.717, 1.165) is 4.90 Å². The fraction of sp³-hybridized carbons (Fsp3) is 0.929. The third kappa shape index (κ3) is 4.83. The Balaban J connectivity index is 1.97. The van der Waals surface area contributed by atoms with Gasteiger partial charge in [0.15, 0.2) is 0 Å². The molecule has 2 fully saturated rings. The number of amides is 1. The first-order valence-electron chi connectivity index (χ1n) is 8.37. The number of hydrogen-bond donors (Lipinski definition) is 0. The van der Waals surface area contributed by atoms with Gasteiger partial charge in [0.2, 0.25) is 5.91 Å². The summed E-state index contributed by atoms with van der Waals surface area (Å²) >= 11 is 0. The van der Waals surface area contributed by atoms with E-state index in [1.54, 1.807) is 6.92 Å². The van der Waals surface area contributed by atoms with Crippen LogP contribution in [0.25, 0.3) is 0 Å².